The number of para-hydroxylation sites is 1. The molecule has 0 unspecified atom stereocenters. The van der Waals surface area contributed by atoms with E-state index in [1.165, 1.54) is 40.1 Å². The van der Waals surface area contributed by atoms with Crippen molar-refractivity contribution in [2.24, 2.45) is 11.7 Å². The van der Waals surface area contributed by atoms with Crippen molar-refractivity contribution in [1.82, 2.24) is 25.2 Å². The SMILES string of the molecule is CC(C)(C)OC(=O)N[C@H]1CCCCC/C=C\[C@H]2C[C@@]2(C(=O)NS(=O)(=O)c2ccccc2OCC(N)=O)NC(=O)[C@@H]2C[C@@H](OC(=O)N3Cc4cccc(F)c4C3)CN2C1=O. The summed E-state index contributed by atoms with van der Waals surface area (Å²) in [6.07, 6.45) is 3.37. The fraction of sp³-hybridized carbons (Fsp3) is 0.500. The summed E-state index contributed by atoms with van der Waals surface area (Å²) in [7, 11) is -4.65. The van der Waals surface area contributed by atoms with Gasteiger partial charge in [-0.3, -0.25) is 24.1 Å². The number of alkyl carbamates (subject to hydrolysis) is 1. The van der Waals surface area contributed by atoms with Crippen LogP contribution in [0.1, 0.15) is 76.8 Å². The van der Waals surface area contributed by atoms with Gasteiger partial charge >= 0.3 is 12.2 Å². The minimum Gasteiger partial charge on any atom is -0.482 e. The summed E-state index contributed by atoms with van der Waals surface area (Å²) >= 11 is 0. The van der Waals surface area contributed by atoms with Crippen molar-refractivity contribution in [3.8, 4) is 5.75 Å². The second-order valence-electron chi connectivity index (χ2n) is 16.2. The molecule has 0 spiro atoms. The van der Waals surface area contributed by atoms with E-state index < -0.39 is 98.4 Å². The molecule has 2 aromatic rings. The molecule has 19 heteroatoms. The number of benzene rings is 2. The lowest BCUT2D eigenvalue weighted by Gasteiger charge is -2.30. The topological polar surface area (TPSA) is 233 Å². The van der Waals surface area contributed by atoms with Gasteiger partial charge in [0, 0.05) is 24.4 Å². The number of allylic oxidation sites excluding steroid dienone is 1. The Balaban J connectivity index is 1.27. The molecule has 2 aromatic carbocycles. The first-order valence-corrected chi connectivity index (χ1v) is 20.9. The number of nitrogens with one attached hydrogen (secondary N) is 3. The molecule has 1 aliphatic carbocycles. The fourth-order valence-electron chi connectivity index (χ4n) is 7.55. The minimum absolute atomic E-state index is 0.0183. The van der Waals surface area contributed by atoms with E-state index in [4.69, 9.17) is 19.9 Å². The number of hydrogen-bond acceptors (Lipinski definition) is 11. The van der Waals surface area contributed by atoms with Gasteiger partial charge in [-0.2, -0.15) is 0 Å². The molecule has 1 saturated carbocycles. The van der Waals surface area contributed by atoms with Crippen LogP contribution in [0, 0.1) is 11.7 Å². The smallest absolute Gasteiger partial charge is 0.410 e. The van der Waals surface area contributed by atoms with E-state index in [1.807, 2.05) is 6.08 Å². The van der Waals surface area contributed by atoms with Gasteiger partial charge in [0.15, 0.2) is 6.61 Å². The van der Waals surface area contributed by atoms with E-state index in [2.05, 4.69) is 15.4 Å². The standard InChI is InChI=1S/C40H49FN6O11S/c1-39(2,3)58-37(52)43-29-15-8-6-4-5-7-13-25-19-40(25,36(51)45-59(54,55)32-17-10-9-16-31(32)56-23-33(42)48)44-34(49)30-18-26(21-47(30)35(29)50)57-38(53)46-20-24-12-11-14-28(41)27(24)22-46/h7,9-14,16-17,25-26,29-30H,4-6,8,15,18-23H2,1-3H3,(H2,42,48)(H,43,52)(H,44,49)(H,45,51)/b13-7-/t25-,26+,29-,30-,40+/m0/s1. The molecule has 1 saturated heterocycles. The normalized spacial score (nSPS) is 25.2. The Kier molecular flexibility index (Phi) is 12.5. The van der Waals surface area contributed by atoms with Gasteiger partial charge < -0.3 is 35.5 Å². The van der Waals surface area contributed by atoms with Crippen molar-refractivity contribution in [3.05, 3.63) is 71.6 Å². The van der Waals surface area contributed by atoms with Gasteiger partial charge in [0.1, 0.15) is 45.8 Å². The van der Waals surface area contributed by atoms with E-state index in [1.54, 1.807) is 39.0 Å². The predicted octanol–water partition coefficient (Wildman–Crippen LogP) is 2.91. The Hall–Kier alpha value is -5.72. The van der Waals surface area contributed by atoms with E-state index in [0.717, 1.165) is 0 Å². The summed E-state index contributed by atoms with van der Waals surface area (Å²) in [5.74, 6) is -4.72. The molecule has 6 amide bonds. The van der Waals surface area contributed by atoms with Crippen molar-refractivity contribution in [1.29, 1.82) is 0 Å². The highest BCUT2D eigenvalue weighted by Crippen LogP contribution is 2.46. The van der Waals surface area contributed by atoms with Crippen LogP contribution in [0.15, 0.2) is 59.5 Å². The summed E-state index contributed by atoms with van der Waals surface area (Å²) in [4.78, 5) is 82.8. The highest BCUT2D eigenvalue weighted by atomic mass is 32.2. The number of fused-ring (bicyclic) bond motifs is 3. The maximum Gasteiger partial charge on any atom is 0.410 e. The Morgan fingerprint density at radius 3 is 2.53 bits per heavy atom. The Morgan fingerprint density at radius 1 is 1.03 bits per heavy atom. The average Bonchev–Trinajstić information content (AvgIpc) is 3.45. The molecule has 0 bridgehead atoms. The quantitative estimate of drug-likeness (QED) is 0.282. The number of hydrogen-bond donors (Lipinski definition) is 4. The number of halogens is 1. The summed E-state index contributed by atoms with van der Waals surface area (Å²) < 4.78 is 60.4. The van der Waals surface area contributed by atoms with Crippen molar-refractivity contribution < 1.29 is 55.8 Å². The molecule has 5 N–H and O–H groups in total. The maximum atomic E-state index is 14.5. The molecule has 0 aromatic heterocycles. The third kappa shape index (κ3) is 10.1. The molecule has 0 radical (unpaired) electrons. The third-order valence-corrected chi connectivity index (χ3v) is 11.9. The first-order chi connectivity index (χ1) is 27.9. The Morgan fingerprint density at radius 2 is 1.80 bits per heavy atom. The number of amides is 6. The third-order valence-electron chi connectivity index (χ3n) is 10.5. The van der Waals surface area contributed by atoms with Gasteiger partial charge in [-0.15, -0.1) is 0 Å². The van der Waals surface area contributed by atoms with Gasteiger partial charge in [-0.05, 0) is 70.2 Å². The molecular weight excluding hydrogens is 792 g/mol. The molecule has 4 aliphatic rings. The zero-order valence-corrected chi connectivity index (χ0v) is 33.8. The van der Waals surface area contributed by atoms with Crippen LogP contribution in [0.25, 0.3) is 0 Å². The lowest BCUT2D eigenvalue weighted by Crippen LogP contribution is -2.58. The first-order valence-electron chi connectivity index (χ1n) is 19.4. The first kappa shape index (κ1) is 42.9. The van der Waals surface area contributed by atoms with Crippen LogP contribution in [0.5, 0.6) is 5.75 Å². The molecule has 3 aliphatic heterocycles. The number of nitrogens with two attached hydrogens (primary N) is 1. The number of ether oxygens (including phenoxy) is 3. The van der Waals surface area contributed by atoms with Crippen molar-refractivity contribution in [2.45, 2.75) is 113 Å². The summed E-state index contributed by atoms with van der Waals surface area (Å²) in [6.45, 7) is 4.17. The fourth-order valence-corrected chi connectivity index (χ4v) is 8.74. The van der Waals surface area contributed by atoms with Gasteiger partial charge in [-0.25, -0.2) is 27.1 Å². The highest BCUT2D eigenvalue weighted by Gasteiger charge is 2.62. The number of carbonyl (C=O) groups excluding carboxylic acids is 6. The number of carbonyl (C=O) groups is 6. The van der Waals surface area contributed by atoms with Crippen LogP contribution in [0.3, 0.4) is 0 Å². The van der Waals surface area contributed by atoms with Crippen molar-refractivity contribution in [3.63, 3.8) is 0 Å². The van der Waals surface area contributed by atoms with Crippen LogP contribution in [0.4, 0.5) is 14.0 Å². The number of primary amides is 1. The summed E-state index contributed by atoms with van der Waals surface area (Å²) in [6, 6.07) is 7.38. The Labute approximate surface area is 341 Å². The van der Waals surface area contributed by atoms with Crippen LogP contribution in [0.2, 0.25) is 0 Å². The largest absolute Gasteiger partial charge is 0.482 e. The van der Waals surface area contributed by atoms with Crippen LogP contribution in [-0.2, 0) is 51.8 Å². The lowest BCUT2D eigenvalue weighted by atomic mass is 10.0. The van der Waals surface area contributed by atoms with E-state index in [0.29, 0.717) is 36.8 Å². The average molecular weight is 841 g/mol. The highest BCUT2D eigenvalue weighted by molar-refractivity contribution is 7.90. The lowest BCUT2D eigenvalue weighted by molar-refractivity contribution is -0.141. The molecule has 3 heterocycles. The second kappa shape index (κ2) is 17.2. The monoisotopic (exact) mass is 840 g/mol. The number of nitrogens with zero attached hydrogens (tertiary/aromatic N) is 2. The van der Waals surface area contributed by atoms with Crippen molar-refractivity contribution >= 4 is 45.8 Å². The zero-order valence-electron chi connectivity index (χ0n) is 33.0. The molecule has 59 heavy (non-hydrogen) atoms. The summed E-state index contributed by atoms with van der Waals surface area (Å²) in [5.41, 5.74) is 3.50. The summed E-state index contributed by atoms with van der Waals surface area (Å²) in [5, 5.41) is 5.38. The molecule has 5 atom stereocenters. The van der Waals surface area contributed by atoms with E-state index in [-0.39, 0.29) is 44.6 Å². The van der Waals surface area contributed by atoms with Crippen LogP contribution < -0.4 is 25.8 Å². The molecular formula is C40H49FN6O11S. The van der Waals surface area contributed by atoms with E-state index in [9.17, 15) is 41.6 Å². The minimum atomic E-state index is -4.65. The van der Waals surface area contributed by atoms with Gasteiger partial charge in [0.05, 0.1) is 13.1 Å². The molecule has 17 nitrogen and oxygen atoms in total. The van der Waals surface area contributed by atoms with Gasteiger partial charge in [0.2, 0.25) is 11.8 Å². The van der Waals surface area contributed by atoms with Gasteiger partial charge in [0.25, 0.3) is 21.8 Å². The maximum absolute atomic E-state index is 14.5. The Bertz CT molecular complexity index is 2140. The van der Waals surface area contributed by atoms with Crippen LogP contribution >= 0.6 is 0 Å². The van der Waals surface area contributed by atoms with E-state index >= 15 is 0 Å². The van der Waals surface area contributed by atoms with Crippen LogP contribution in [-0.4, -0.2) is 96.5 Å². The molecule has 2 fully saturated rings. The van der Waals surface area contributed by atoms with Crippen molar-refractivity contribution in [2.75, 3.05) is 13.2 Å². The number of rotatable bonds is 8. The molecule has 318 valence electrons. The second-order valence-corrected chi connectivity index (χ2v) is 17.8. The van der Waals surface area contributed by atoms with Gasteiger partial charge in [-0.1, -0.05) is 49.3 Å². The zero-order chi connectivity index (χ0) is 42.7. The predicted molar refractivity (Wildman–Crippen MR) is 207 cm³/mol. The molecule has 6 rings (SSSR count). The number of sulfonamides is 1.